The molecule has 0 aliphatic carbocycles. The van der Waals surface area contributed by atoms with Crippen LogP contribution in [0.15, 0.2) is 109 Å². The maximum absolute atomic E-state index is 3.60. The van der Waals surface area contributed by atoms with Gasteiger partial charge in [0, 0.05) is 42.0 Å². The second-order valence-corrected chi connectivity index (χ2v) is 9.34. The molecule has 0 unspecified atom stereocenters. The van der Waals surface area contributed by atoms with Gasteiger partial charge in [-0.1, -0.05) is 78.9 Å². The molecular formula is C30H19NS. The molecule has 0 saturated heterocycles. The summed E-state index contributed by atoms with van der Waals surface area (Å²) in [5.41, 5.74) is 7.42. The molecule has 150 valence electrons. The molecule has 0 amide bonds. The van der Waals surface area contributed by atoms with E-state index < -0.39 is 0 Å². The number of hydrogen-bond donors (Lipinski definition) is 1. The van der Waals surface area contributed by atoms with Gasteiger partial charge in [-0.3, -0.25) is 0 Å². The molecule has 0 bridgehead atoms. The Morgan fingerprint density at radius 3 is 2.00 bits per heavy atom. The fourth-order valence-corrected chi connectivity index (χ4v) is 6.09. The number of nitrogens with one attached hydrogen (secondary N) is 1. The van der Waals surface area contributed by atoms with E-state index in [2.05, 4.69) is 114 Å². The number of hydrogen-bond acceptors (Lipinski definition) is 1. The fourth-order valence-electron chi connectivity index (χ4n) is 4.85. The van der Waals surface area contributed by atoms with E-state index in [1.54, 1.807) is 0 Å². The third-order valence-corrected chi connectivity index (χ3v) is 7.64. The first kappa shape index (κ1) is 17.8. The van der Waals surface area contributed by atoms with E-state index in [9.17, 15) is 0 Å². The molecule has 5 aromatic carbocycles. The van der Waals surface area contributed by atoms with Gasteiger partial charge in [0.15, 0.2) is 0 Å². The van der Waals surface area contributed by atoms with E-state index >= 15 is 0 Å². The normalized spacial score (nSPS) is 11.8. The van der Waals surface area contributed by atoms with Gasteiger partial charge in [0.1, 0.15) is 0 Å². The number of fused-ring (bicyclic) bond motifs is 6. The van der Waals surface area contributed by atoms with Crippen LogP contribution in [0.4, 0.5) is 0 Å². The van der Waals surface area contributed by atoms with E-state index in [0.717, 1.165) is 0 Å². The Hall–Kier alpha value is -3.88. The predicted octanol–water partition coefficient (Wildman–Crippen LogP) is 9.02. The zero-order chi connectivity index (χ0) is 21.1. The Morgan fingerprint density at radius 2 is 1.16 bits per heavy atom. The number of H-pyrrole nitrogens is 1. The molecule has 2 heterocycles. The first-order chi connectivity index (χ1) is 15.8. The Bertz CT molecular complexity index is 1770. The predicted molar refractivity (Wildman–Crippen MR) is 140 cm³/mol. The van der Waals surface area contributed by atoms with Crippen molar-refractivity contribution in [2.75, 3.05) is 0 Å². The van der Waals surface area contributed by atoms with Crippen LogP contribution in [0.1, 0.15) is 0 Å². The molecule has 0 atom stereocenters. The lowest BCUT2D eigenvalue weighted by molar-refractivity contribution is 1.54. The van der Waals surface area contributed by atoms with Gasteiger partial charge in [-0.2, -0.15) is 0 Å². The number of aromatic nitrogens is 1. The van der Waals surface area contributed by atoms with Crippen molar-refractivity contribution in [3.05, 3.63) is 109 Å². The topological polar surface area (TPSA) is 15.8 Å². The maximum Gasteiger partial charge on any atom is 0.0465 e. The summed E-state index contributed by atoms with van der Waals surface area (Å²) in [5, 5.41) is 5.23. The Balaban J connectivity index is 1.47. The fraction of sp³-hybridized carbons (Fsp3) is 0. The van der Waals surface area contributed by atoms with E-state index in [0.29, 0.717) is 0 Å². The van der Waals surface area contributed by atoms with Crippen molar-refractivity contribution < 1.29 is 0 Å². The molecule has 2 aromatic heterocycles. The highest BCUT2D eigenvalue weighted by atomic mass is 32.1. The van der Waals surface area contributed by atoms with Gasteiger partial charge in [0.05, 0.1) is 0 Å². The number of aromatic amines is 1. The summed E-state index contributed by atoms with van der Waals surface area (Å²) in [6, 6.07) is 39.5. The van der Waals surface area contributed by atoms with Gasteiger partial charge in [-0.25, -0.2) is 0 Å². The third kappa shape index (κ3) is 2.63. The maximum atomic E-state index is 3.60. The van der Waals surface area contributed by atoms with Crippen molar-refractivity contribution in [3.8, 4) is 22.3 Å². The van der Waals surface area contributed by atoms with Crippen LogP contribution in [0.2, 0.25) is 0 Å². The van der Waals surface area contributed by atoms with Gasteiger partial charge in [0.2, 0.25) is 0 Å². The molecule has 32 heavy (non-hydrogen) atoms. The minimum Gasteiger partial charge on any atom is -0.355 e. The largest absolute Gasteiger partial charge is 0.355 e. The minimum absolute atomic E-state index is 1.18. The van der Waals surface area contributed by atoms with Crippen molar-refractivity contribution in [1.82, 2.24) is 4.98 Å². The Morgan fingerprint density at radius 1 is 0.469 bits per heavy atom. The summed E-state index contributed by atoms with van der Waals surface area (Å²) in [5.74, 6) is 0. The first-order valence-electron chi connectivity index (χ1n) is 10.9. The molecule has 1 nitrogen and oxygen atoms in total. The van der Waals surface area contributed by atoms with Crippen LogP contribution in [-0.2, 0) is 0 Å². The summed E-state index contributed by atoms with van der Waals surface area (Å²) in [7, 11) is 0. The molecule has 2 heteroatoms. The average molecular weight is 426 g/mol. The van der Waals surface area contributed by atoms with Crippen LogP contribution < -0.4 is 0 Å². The minimum atomic E-state index is 1.18. The summed E-state index contributed by atoms with van der Waals surface area (Å²) in [4.78, 5) is 3.60. The quantitative estimate of drug-likeness (QED) is 0.284. The van der Waals surface area contributed by atoms with E-state index in [1.807, 2.05) is 11.3 Å². The molecule has 0 aliphatic heterocycles. The standard InChI is InChI=1S/C30H19NS/c1-2-7-19(8-3-1)20-13-15-27-25(17-20)26-18-21(14-16-28(26)31-27)22-10-6-11-24-23-9-4-5-12-29(23)32-30(22)24/h1-18,31H. The summed E-state index contributed by atoms with van der Waals surface area (Å²) >= 11 is 1.89. The van der Waals surface area contributed by atoms with Crippen LogP contribution in [0.5, 0.6) is 0 Å². The molecule has 0 saturated carbocycles. The molecule has 1 N–H and O–H groups in total. The van der Waals surface area contributed by atoms with E-state index in [-0.39, 0.29) is 0 Å². The Labute approximate surface area is 189 Å². The lowest BCUT2D eigenvalue weighted by atomic mass is 9.99. The van der Waals surface area contributed by atoms with Gasteiger partial charge < -0.3 is 4.98 Å². The van der Waals surface area contributed by atoms with Crippen LogP contribution in [0, 0.1) is 0 Å². The van der Waals surface area contributed by atoms with Gasteiger partial charge in [-0.15, -0.1) is 11.3 Å². The lowest BCUT2D eigenvalue weighted by Gasteiger charge is -2.05. The highest BCUT2D eigenvalue weighted by Gasteiger charge is 2.12. The number of benzene rings is 5. The molecule has 0 fully saturated rings. The summed E-state index contributed by atoms with van der Waals surface area (Å²) < 4.78 is 2.70. The highest BCUT2D eigenvalue weighted by molar-refractivity contribution is 7.26. The van der Waals surface area contributed by atoms with Crippen molar-refractivity contribution in [2.45, 2.75) is 0 Å². The summed E-state index contributed by atoms with van der Waals surface area (Å²) in [6.45, 7) is 0. The second kappa shape index (κ2) is 6.81. The van der Waals surface area contributed by atoms with Crippen molar-refractivity contribution >= 4 is 53.3 Å². The number of thiophene rings is 1. The smallest absolute Gasteiger partial charge is 0.0465 e. The molecular weight excluding hydrogens is 406 g/mol. The first-order valence-corrected chi connectivity index (χ1v) is 11.7. The van der Waals surface area contributed by atoms with Gasteiger partial charge in [-0.05, 0) is 52.6 Å². The SMILES string of the molecule is c1ccc(-c2ccc3[nH]c4ccc(-c5cccc6c5sc5ccccc56)cc4c3c2)cc1. The van der Waals surface area contributed by atoms with Crippen LogP contribution >= 0.6 is 11.3 Å². The summed E-state index contributed by atoms with van der Waals surface area (Å²) in [6.07, 6.45) is 0. The van der Waals surface area contributed by atoms with E-state index in [4.69, 9.17) is 0 Å². The third-order valence-electron chi connectivity index (χ3n) is 6.42. The van der Waals surface area contributed by atoms with Crippen LogP contribution in [0.25, 0.3) is 64.2 Å². The molecule has 0 spiro atoms. The van der Waals surface area contributed by atoms with Crippen molar-refractivity contribution in [1.29, 1.82) is 0 Å². The van der Waals surface area contributed by atoms with E-state index in [1.165, 1.54) is 64.2 Å². The average Bonchev–Trinajstić information content (AvgIpc) is 3.42. The Kier molecular flexibility index (Phi) is 3.78. The van der Waals surface area contributed by atoms with Gasteiger partial charge >= 0.3 is 0 Å². The van der Waals surface area contributed by atoms with Gasteiger partial charge in [0.25, 0.3) is 0 Å². The van der Waals surface area contributed by atoms with Crippen LogP contribution in [0.3, 0.4) is 0 Å². The molecule has 7 rings (SSSR count). The van der Waals surface area contributed by atoms with Crippen molar-refractivity contribution in [3.63, 3.8) is 0 Å². The highest BCUT2D eigenvalue weighted by Crippen LogP contribution is 2.41. The zero-order valence-corrected chi connectivity index (χ0v) is 18.1. The molecule has 0 aliphatic rings. The second-order valence-electron chi connectivity index (χ2n) is 8.29. The molecule has 7 aromatic rings. The monoisotopic (exact) mass is 425 g/mol. The zero-order valence-electron chi connectivity index (χ0n) is 17.3. The number of rotatable bonds is 2. The lowest BCUT2D eigenvalue weighted by Crippen LogP contribution is -1.79. The van der Waals surface area contributed by atoms with Crippen LogP contribution in [-0.4, -0.2) is 4.98 Å². The molecule has 0 radical (unpaired) electrons. The van der Waals surface area contributed by atoms with Crippen molar-refractivity contribution in [2.24, 2.45) is 0 Å².